The predicted octanol–water partition coefficient (Wildman–Crippen LogP) is 7.34. The maximum Gasteiger partial charge on any atom is 0.125 e. The van der Waals surface area contributed by atoms with Gasteiger partial charge in [0, 0.05) is 37.0 Å². The minimum atomic E-state index is 0.0866. The van der Waals surface area contributed by atoms with Crippen molar-refractivity contribution in [1.82, 2.24) is 0 Å². The van der Waals surface area contributed by atoms with Gasteiger partial charge in [0.15, 0.2) is 0 Å². The summed E-state index contributed by atoms with van der Waals surface area (Å²) in [6.07, 6.45) is 0. The summed E-state index contributed by atoms with van der Waals surface area (Å²) in [5.41, 5.74) is 11.2. The zero-order valence-electron chi connectivity index (χ0n) is 20.0. The molecule has 4 aromatic carbocycles. The van der Waals surface area contributed by atoms with Gasteiger partial charge < -0.3 is 14.5 Å². The number of hydrogen-bond donors (Lipinski definition) is 0. The molecule has 0 spiro atoms. The quantitative estimate of drug-likeness (QED) is 0.294. The number of rotatable bonds is 4. The van der Waals surface area contributed by atoms with Crippen LogP contribution in [0.25, 0.3) is 0 Å². The van der Waals surface area contributed by atoms with Gasteiger partial charge in [0.05, 0.1) is 18.5 Å². The summed E-state index contributed by atoms with van der Waals surface area (Å²) in [6.45, 7) is 4.43. The monoisotopic (exact) mass is 434 g/mol. The van der Waals surface area contributed by atoms with Crippen LogP contribution in [0, 0.1) is 13.8 Å². The first-order valence-electron chi connectivity index (χ1n) is 11.4. The molecule has 166 valence electrons. The van der Waals surface area contributed by atoms with E-state index in [0.29, 0.717) is 0 Å². The Hall–Kier alpha value is -3.72. The minimum absolute atomic E-state index is 0.0866. The molecule has 1 heterocycles. The Morgan fingerprint density at radius 1 is 0.727 bits per heavy atom. The molecule has 0 aromatic heterocycles. The molecule has 4 aromatic rings. The lowest BCUT2D eigenvalue weighted by Gasteiger charge is -2.40. The first kappa shape index (κ1) is 21.1. The number of para-hydroxylation sites is 1. The molecule has 0 bridgehead atoms. The smallest absolute Gasteiger partial charge is 0.125 e. The molecule has 1 aliphatic heterocycles. The van der Waals surface area contributed by atoms with Crippen molar-refractivity contribution in [2.75, 3.05) is 31.0 Å². The van der Waals surface area contributed by atoms with Gasteiger partial charge in [-0.15, -0.1) is 0 Å². The van der Waals surface area contributed by atoms with Crippen LogP contribution in [0.4, 0.5) is 22.7 Å². The van der Waals surface area contributed by atoms with E-state index in [-0.39, 0.29) is 5.92 Å². The molecular weight excluding hydrogens is 404 g/mol. The van der Waals surface area contributed by atoms with Crippen molar-refractivity contribution in [1.29, 1.82) is 0 Å². The largest absolute Gasteiger partial charge is 0.496 e. The van der Waals surface area contributed by atoms with Gasteiger partial charge in [-0.25, -0.2) is 0 Å². The Morgan fingerprint density at radius 3 is 2.09 bits per heavy atom. The van der Waals surface area contributed by atoms with Crippen molar-refractivity contribution in [2.45, 2.75) is 19.8 Å². The van der Waals surface area contributed by atoms with Gasteiger partial charge in [-0.2, -0.15) is 0 Å². The highest BCUT2D eigenvalue weighted by Crippen LogP contribution is 2.55. The highest BCUT2D eigenvalue weighted by molar-refractivity contribution is 5.89. The van der Waals surface area contributed by atoms with Gasteiger partial charge in [-0.1, -0.05) is 48.5 Å². The predicted molar refractivity (Wildman–Crippen MR) is 139 cm³/mol. The summed E-state index contributed by atoms with van der Waals surface area (Å²) in [4.78, 5) is 4.54. The Kier molecular flexibility index (Phi) is 5.33. The second-order valence-corrected chi connectivity index (χ2v) is 8.94. The molecule has 0 radical (unpaired) electrons. The van der Waals surface area contributed by atoms with E-state index in [9.17, 15) is 0 Å². The number of aryl methyl sites for hydroxylation is 2. The normalized spacial score (nSPS) is 14.5. The Balaban J connectivity index is 1.89. The van der Waals surface area contributed by atoms with Crippen LogP contribution in [0.3, 0.4) is 0 Å². The van der Waals surface area contributed by atoms with Gasteiger partial charge in [-0.05, 0) is 72.5 Å². The Bertz CT molecular complexity index is 1290. The second kappa shape index (κ2) is 8.32. The zero-order chi connectivity index (χ0) is 23.1. The molecule has 1 unspecified atom stereocenters. The van der Waals surface area contributed by atoms with E-state index in [1.54, 1.807) is 7.11 Å². The summed E-state index contributed by atoms with van der Waals surface area (Å²) in [6, 6.07) is 30.4. The third-order valence-corrected chi connectivity index (χ3v) is 6.72. The Labute approximate surface area is 196 Å². The first-order valence-corrected chi connectivity index (χ1v) is 11.4. The van der Waals surface area contributed by atoms with E-state index < -0.39 is 0 Å². The van der Waals surface area contributed by atoms with Crippen molar-refractivity contribution in [3.8, 4) is 5.75 Å². The number of fused-ring (bicyclic) bond motifs is 2. The highest BCUT2D eigenvalue weighted by atomic mass is 16.5. The maximum atomic E-state index is 5.97. The molecule has 3 heteroatoms. The Morgan fingerprint density at radius 2 is 1.42 bits per heavy atom. The number of nitrogens with zero attached hydrogens (tertiary/aromatic N) is 2. The van der Waals surface area contributed by atoms with E-state index in [1.165, 1.54) is 39.2 Å². The number of methoxy groups -OCH3 is 1. The number of anilines is 4. The zero-order valence-corrected chi connectivity index (χ0v) is 20.0. The maximum absolute atomic E-state index is 5.97. The average molecular weight is 435 g/mol. The molecule has 1 aliphatic rings. The lowest BCUT2D eigenvalue weighted by atomic mass is 9.76. The van der Waals surface area contributed by atoms with Crippen molar-refractivity contribution in [2.24, 2.45) is 0 Å². The van der Waals surface area contributed by atoms with Crippen LogP contribution in [0.2, 0.25) is 0 Å². The molecular formula is C30H30N2O. The molecule has 0 fully saturated rings. The third-order valence-electron chi connectivity index (χ3n) is 6.72. The molecule has 5 rings (SSSR count). The molecule has 0 saturated carbocycles. The molecule has 0 aliphatic carbocycles. The van der Waals surface area contributed by atoms with Crippen LogP contribution in [0.15, 0.2) is 84.9 Å². The lowest BCUT2D eigenvalue weighted by Crippen LogP contribution is -2.24. The molecule has 0 amide bonds. The fourth-order valence-corrected chi connectivity index (χ4v) is 5.17. The summed E-state index contributed by atoms with van der Waals surface area (Å²) >= 11 is 0. The van der Waals surface area contributed by atoms with Crippen molar-refractivity contribution < 1.29 is 4.74 Å². The van der Waals surface area contributed by atoms with Crippen LogP contribution in [0.5, 0.6) is 5.75 Å². The van der Waals surface area contributed by atoms with Gasteiger partial charge >= 0.3 is 0 Å². The SMILES string of the molecule is COc1cccc2c1C(c1c(C)cccc1C)c1ccc(N(C)C)cc1N2c1ccccc1. The average Bonchev–Trinajstić information content (AvgIpc) is 2.83. The van der Waals surface area contributed by atoms with E-state index in [1.807, 2.05) is 0 Å². The third kappa shape index (κ3) is 3.45. The summed E-state index contributed by atoms with van der Waals surface area (Å²) in [5.74, 6) is 1.01. The summed E-state index contributed by atoms with van der Waals surface area (Å²) < 4.78 is 5.97. The summed E-state index contributed by atoms with van der Waals surface area (Å²) in [7, 11) is 5.96. The van der Waals surface area contributed by atoms with E-state index >= 15 is 0 Å². The second-order valence-electron chi connectivity index (χ2n) is 8.94. The molecule has 1 atom stereocenters. The first-order chi connectivity index (χ1) is 16.0. The van der Waals surface area contributed by atoms with E-state index in [0.717, 1.165) is 17.1 Å². The highest BCUT2D eigenvalue weighted by Gasteiger charge is 2.36. The van der Waals surface area contributed by atoms with Gasteiger partial charge in [0.25, 0.3) is 0 Å². The molecule has 0 saturated heterocycles. The standard InChI is InChI=1S/C30H30N2O/c1-20-11-9-12-21(2)28(20)29-24-18-17-23(31(3)4)19-26(24)32(22-13-7-6-8-14-22)25-15-10-16-27(33-5)30(25)29/h6-19,29H,1-5H3. The van der Waals surface area contributed by atoms with E-state index in [4.69, 9.17) is 4.74 Å². The van der Waals surface area contributed by atoms with Crippen LogP contribution >= 0.6 is 0 Å². The van der Waals surface area contributed by atoms with Crippen molar-refractivity contribution in [3.63, 3.8) is 0 Å². The number of hydrogen-bond acceptors (Lipinski definition) is 3. The molecule has 3 nitrogen and oxygen atoms in total. The molecule has 33 heavy (non-hydrogen) atoms. The fraction of sp³-hybridized carbons (Fsp3) is 0.200. The van der Waals surface area contributed by atoms with Crippen LogP contribution < -0.4 is 14.5 Å². The minimum Gasteiger partial charge on any atom is -0.496 e. The van der Waals surface area contributed by atoms with Gasteiger partial charge in [-0.3, -0.25) is 0 Å². The lowest BCUT2D eigenvalue weighted by molar-refractivity contribution is 0.409. The fourth-order valence-electron chi connectivity index (χ4n) is 5.17. The summed E-state index contributed by atoms with van der Waals surface area (Å²) in [5, 5.41) is 0. The van der Waals surface area contributed by atoms with Crippen molar-refractivity contribution in [3.05, 3.63) is 113 Å². The van der Waals surface area contributed by atoms with Gasteiger partial charge in [0.1, 0.15) is 5.75 Å². The number of ether oxygens (including phenoxy) is 1. The van der Waals surface area contributed by atoms with E-state index in [2.05, 4.69) is 123 Å². The number of benzene rings is 4. The van der Waals surface area contributed by atoms with Crippen LogP contribution in [0.1, 0.15) is 33.7 Å². The topological polar surface area (TPSA) is 15.7 Å². The van der Waals surface area contributed by atoms with Crippen LogP contribution in [-0.2, 0) is 0 Å². The van der Waals surface area contributed by atoms with Gasteiger partial charge in [0.2, 0.25) is 0 Å². The molecule has 0 N–H and O–H groups in total. The van der Waals surface area contributed by atoms with Crippen molar-refractivity contribution >= 4 is 22.7 Å². The van der Waals surface area contributed by atoms with Crippen LogP contribution in [-0.4, -0.2) is 21.2 Å².